The monoisotopic (exact) mass is 312 g/mol. The lowest BCUT2D eigenvalue weighted by atomic mass is 10.2. The molecule has 0 aromatic carbocycles. The first-order valence-corrected chi connectivity index (χ1v) is 7.65. The molecule has 1 aliphatic rings. The van der Waals surface area contributed by atoms with E-state index in [9.17, 15) is 14.4 Å². The molecule has 0 aliphatic carbocycles. The van der Waals surface area contributed by atoms with Gasteiger partial charge in [0.05, 0.1) is 11.8 Å². The second kappa shape index (κ2) is 7.16. The van der Waals surface area contributed by atoms with Crippen LogP contribution in [-0.2, 0) is 9.59 Å². The minimum absolute atomic E-state index is 0.0814. The lowest BCUT2D eigenvalue weighted by molar-refractivity contribution is -0.149. The maximum Gasteiger partial charge on any atom is 0.327 e. The number of hydrogen-bond acceptors (Lipinski definition) is 5. The lowest BCUT2D eigenvalue weighted by Crippen LogP contribution is -2.50. The molecule has 2 N–H and O–H groups in total. The molecule has 1 atom stereocenters. The summed E-state index contributed by atoms with van der Waals surface area (Å²) >= 11 is 1.52. The molecule has 1 aliphatic heterocycles. The van der Waals surface area contributed by atoms with E-state index < -0.39 is 12.0 Å². The van der Waals surface area contributed by atoms with E-state index in [1.54, 1.807) is 0 Å². The summed E-state index contributed by atoms with van der Waals surface area (Å²) in [4.78, 5) is 36.2. The largest absolute Gasteiger partial charge is 0.480 e. The molecule has 2 amide bonds. The number of aliphatic carboxylic acids is 1. The molecule has 1 aromatic rings. The van der Waals surface area contributed by atoms with E-state index in [1.807, 2.05) is 0 Å². The summed E-state index contributed by atoms with van der Waals surface area (Å²) in [5.41, 5.74) is 0.389. The summed E-state index contributed by atoms with van der Waals surface area (Å²) in [6, 6.07) is 0.750. The van der Waals surface area contributed by atoms with Crippen LogP contribution in [0.2, 0.25) is 0 Å². The Balaban J connectivity index is 1.81. The average molecular weight is 312 g/mol. The van der Waals surface area contributed by atoms with Crippen LogP contribution in [0.1, 0.15) is 16.8 Å². The molecule has 21 heavy (non-hydrogen) atoms. The van der Waals surface area contributed by atoms with Gasteiger partial charge in [-0.2, -0.15) is 11.8 Å². The van der Waals surface area contributed by atoms with Crippen molar-refractivity contribution >= 4 is 29.5 Å². The maximum atomic E-state index is 12.1. The molecule has 0 saturated carbocycles. The third-order valence-corrected chi connectivity index (χ3v) is 4.16. The van der Waals surface area contributed by atoms with Gasteiger partial charge in [0, 0.05) is 31.0 Å². The highest BCUT2D eigenvalue weighted by Crippen LogP contribution is 2.17. The van der Waals surface area contributed by atoms with Gasteiger partial charge in [0.2, 0.25) is 5.91 Å². The number of nitrogens with one attached hydrogen (secondary N) is 1. The van der Waals surface area contributed by atoms with Crippen molar-refractivity contribution in [2.75, 3.05) is 24.6 Å². The van der Waals surface area contributed by atoms with Crippen LogP contribution in [0.3, 0.4) is 0 Å². The van der Waals surface area contributed by atoms with Gasteiger partial charge in [0.1, 0.15) is 12.3 Å². The zero-order chi connectivity index (χ0) is 15.2. The summed E-state index contributed by atoms with van der Waals surface area (Å²) in [6.45, 7) is 0.592. The number of furan rings is 1. The number of carbonyl (C=O) groups is 3. The van der Waals surface area contributed by atoms with Crippen LogP contribution in [0, 0.1) is 0 Å². The first-order valence-electron chi connectivity index (χ1n) is 6.50. The molecule has 0 radical (unpaired) electrons. The fourth-order valence-electron chi connectivity index (χ4n) is 2.03. The van der Waals surface area contributed by atoms with Gasteiger partial charge in [-0.05, 0) is 6.07 Å². The van der Waals surface area contributed by atoms with Gasteiger partial charge in [0.15, 0.2) is 0 Å². The van der Waals surface area contributed by atoms with Crippen LogP contribution in [0.4, 0.5) is 0 Å². The highest BCUT2D eigenvalue weighted by atomic mass is 32.2. The van der Waals surface area contributed by atoms with Crippen molar-refractivity contribution in [2.24, 2.45) is 0 Å². The molecule has 0 bridgehead atoms. The van der Waals surface area contributed by atoms with Gasteiger partial charge in [-0.1, -0.05) is 0 Å². The number of carboxylic acid groups (broad SMARTS) is 1. The van der Waals surface area contributed by atoms with Crippen molar-refractivity contribution in [2.45, 2.75) is 12.5 Å². The van der Waals surface area contributed by atoms with Crippen LogP contribution in [0.15, 0.2) is 23.0 Å². The maximum absolute atomic E-state index is 12.1. The number of thioether (sulfide) groups is 1. The van der Waals surface area contributed by atoms with E-state index in [0.29, 0.717) is 17.9 Å². The fourth-order valence-corrected chi connectivity index (χ4v) is 3.07. The van der Waals surface area contributed by atoms with Crippen molar-refractivity contribution in [1.82, 2.24) is 10.2 Å². The van der Waals surface area contributed by atoms with Gasteiger partial charge in [-0.3, -0.25) is 9.59 Å². The van der Waals surface area contributed by atoms with Gasteiger partial charge in [-0.25, -0.2) is 4.79 Å². The van der Waals surface area contributed by atoms with Crippen molar-refractivity contribution in [1.29, 1.82) is 0 Å². The number of nitrogens with zero attached hydrogens (tertiary/aromatic N) is 1. The predicted octanol–water partition coefficient (Wildman–Crippen LogP) is 0.428. The third-order valence-electron chi connectivity index (χ3n) is 3.14. The van der Waals surface area contributed by atoms with E-state index in [-0.39, 0.29) is 24.8 Å². The Bertz CT molecular complexity index is 517. The second-order valence-electron chi connectivity index (χ2n) is 4.53. The van der Waals surface area contributed by atoms with Crippen LogP contribution in [0.5, 0.6) is 0 Å². The molecule has 114 valence electrons. The fraction of sp³-hybridized carbons (Fsp3) is 0.462. The molecule has 1 fully saturated rings. The van der Waals surface area contributed by atoms with Gasteiger partial charge in [0.25, 0.3) is 5.91 Å². The standard InChI is InChI=1S/C13H16N2O5S/c16-11(15-4-6-21-8-10(15)13(18)19)1-3-14-12(17)9-2-5-20-7-9/h2,5,7,10H,1,3-4,6,8H2,(H,14,17)(H,18,19). The smallest absolute Gasteiger partial charge is 0.327 e. The molecule has 2 rings (SSSR count). The summed E-state index contributed by atoms with van der Waals surface area (Å²) < 4.78 is 4.80. The molecule has 1 unspecified atom stereocenters. The quantitative estimate of drug-likeness (QED) is 0.818. The molecule has 1 aromatic heterocycles. The first-order chi connectivity index (χ1) is 10.1. The topological polar surface area (TPSA) is 99.9 Å². The van der Waals surface area contributed by atoms with E-state index in [2.05, 4.69) is 5.32 Å². The van der Waals surface area contributed by atoms with Gasteiger partial charge in [-0.15, -0.1) is 0 Å². The van der Waals surface area contributed by atoms with Crippen LogP contribution < -0.4 is 5.32 Å². The number of amides is 2. The van der Waals surface area contributed by atoms with Gasteiger partial charge >= 0.3 is 5.97 Å². The number of hydrogen-bond donors (Lipinski definition) is 2. The zero-order valence-electron chi connectivity index (χ0n) is 11.3. The molecule has 1 saturated heterocycles. The minimum Gasteiger partial charge on any atom is -0.480 e. The van der Waals surface area contributed by atoms with Crippen molar-refractivity contribution < 1.29 is 23.9 Å². The minimum atomic E-state index is -0.988. The van der Waals surface area contributed by atoms with Crippen molar-refractivity contribution in [3.05, 3.63) is 24.2 Å². The Labute approximate surface area is 125 Å². The average Bonchev–Trinajstić information content (AvgIpc) is 3.01. The Morgan fingerprint density at radius 2 is 2.29 bits per heavy atom. The van der Waals surface area contributed by atoms with Crippen LogP contribution in [0.25, 0.3) is 0 Å². The van der Waals surface area contributed by atoms with Crippen molar-refractivity contribution in [3.63, 3.8) is 0 Å². The summed E-state index contributed by atoms with van der Waals surface area (Å²) in [7, 11) is 0. The predicted molar refractivity (Wildman–Crippen MR) is 76.1 cm³/mol. The molecular weight excluding hydrogens is 296 g/mol. The lowest BCUT2D eigenvalue weighted by Gasteiger charge is -2.32. The Hall–Kier alpha value is -1.96. The number of rotatable bonds is 5. The van der Waals surface area contributed by atoms with E-state index in [4.69, 9.17) is 9.52 Å². The highest BCUT2D eigenvalue weighted by molar-refractivity contribution is 7.99. The molecule has 0 spiro atoms. The first kappa shape index (κ1) is 15.4. The Morgan fingerprint density at radius 3 is 2.95 bits per heavy atom. The number of carboxylic acids is 1. The highest BCUT2D eigenvalue weighted by Gasteiger charge is 2.31. The van der Waals surface area contributed by atoms with Gasteiger partial charge < -0.3 is 19.7 Å². The van der Waals surface area contributed by atoms with Crippen LogP contribution >= 0.6 is 11.8 Å². The molecular formula is C13H16N2O5S. The molecule has 2 heterocycles. The Morgan fingerprint density at radius 1 is 1.48 bits per heavy atom. The van der Waals surface area contributed by atoms with E-state index in [1.165, 1.54) is 35.3 Å². The van der Waals surface area contributed by atoms with E-state index >= 15 is 0 Å². The van der Waals surface area contributed by atoms with E-state index in [0.717, 1.165) is 5.75 Å². The summed E-state index contributed by atoms with van der Waals surface area (Å²) in [5.74, 6) is -0.423. The normalized spacial score (nSPS) is 18.3. The Kier molecular flexibility index (Phi) is 5.26. The third kappa shape index (κ3) is 4.01. The molecule has 7 nitrogen and oxygen atoms in total. The summed E-state index contributed by atoms with van der Waals surface area (Å²) in [6.07, 6.45) is 2.79. The van der Waals surface area contributed by atoms with Crippen LogP contribution in [-0.4, -0.2) is 58.4 Å². The SMILES string of the molecule is O=C(NCCC(=O)N1CCSCC1C(=O)O)c1ccoc1. The molecule has 8 heteroatoms. The summed E-state index contributed by atoms with van der Waals surface area (Å²) in [5, 5.41) is 11.7. The zero-order valence-corrected chi connectivity index (χ0v) is 12.1. The number of carbonyl (C=O) groups excluding carboxylic acids is 2. The second-order valence-corrected chi connectivity index (χ2v) is 5.68. The van der Waals surface area contributed by atoms with Crippen molar-refractivity contribution in [3.8, 4) is 0 Å².